The fraction of sp³-hybridized carbons (Fsp3) is 0.160. The lowest BCUT2D eigenvalue weighted by Crippen LogP contribution is -2.20. The van der Waals surface area contributed by atoms with Gasteiger partial charge >= 0.3 is 0 Å². The predicted molar refractivity (Wildman–Crippen MR) is 136 cm³/mol. The van der Waals surface area contributed by atoms with Gasteiger partial charge in [0.05, 0.1) is 17.2 Å². The molecule has 0 bridgehead atoms. The maximum atomic E-state index is 13.8. The summed E-state index contributed by atoms with van der Waals surface area (Å²) >= 11 is 1.63. The van der Waals surface area contributed by atoms with Crippen LogP contribution in [0.25, 0.3) is 6.08 Å². The fourth-order valence-electron chi connectivity index (χ4n) is 3.52. The molecule has 0 N–H and O–H groups in total. The number of nitro groups is 1. The van der Waals surface area contributed by atoms with Crippen LogP contribution in [0.3, 0.4) is 0 Å². The van der Waals surface area contributed by atoms with Crippen LogP contribution in [0, 0.1) is 15.9 Å². The molecule has 170 valence electrons. The van der Waals surface area contributed by atoms with E-state index in [1.54, 1.807) is 30.0 Å². The summed E-state index contributed by atoms with van der Waals surface area (Å²) in [6, 6.07) is 19.6. The predicted octanol–water partition coefficient (Wildman–Crippen LogP) is 6.40. The molecule has 4 rings (SSSR count). The molecular weight excluding hydrogens is 461 g/mol. The Morgan fingerprint density at radius 1 is 1.12 bits per heavy atom. The zero-order valence-electron chi connectivity index (χ0n) is 18.0. The summed E-state index contributed by atoms with van der Waals surface area (Å²) in [5.41, 5.74) is 4.32. The second-order valence-electron chi connectivity index (χ2n) is 7.44. The minimum Gasteiger partial charge on any atom is -0.372 e. The SMILES string of the molecule is CN1CCN=C(C=Cc2cc([N+](=O)[O-])ccc2SCc2ccccc2)c2ccc(F)cc21.Cl. The average molecular weight is 484 g/mol. The summed E-state index contributed by atoms with van der Waals surface area (Å²) in [4.78, 5) is 18.5. The van der Waals surface area contributed by atoms with Crippen LogP contribution in [0.4, 0.5) is 15.8 Å². The molecule has 33 heavy (non-hydrogen) atoms. The number of likely N-dealkylation sites (N-methyl/N-ethyl adjacent to an activating group) is 1. The first-order valence-electron chi connectivity index (χ1n) is 10.2. The molecule has 0 fully saturated rings. The molecule has 1 heterocycles. The minimum atomic E-state index is -0.390. The number of nitrogens with zero attached hydrogens (tertiary/aromatic N) is 3. The number of aliphatic imine (C=N–C) groups is 1. The van der Waals surface area contributed by atoms with Crippen molar-refractivity contribution in [1.82, 2.24) is 0 Å². The first-order chi connectivity index (χ1) is 15.5. The molecule has 3 aromatic carbocycles. The number of fused-ring (bicyclic) bond motifs is 1. The van der Waals surface area contributed by atoms with Crippen molar-refractivity contribution in [3.8, 4) is 0 Å². The van der Waals surface area contributed by atoms with Crippen LogP contribution in [0.1, 0.15) is 16.7 Å². The zero-order valence-corrected chi connectivity index (χ0v) is 19.6. The van der Waals surface area contributed by atoms with Gasteiger partial charge < -0.3 is 4.90 Å². The van der Waals surface area contributed by atoms with Crippen LogP contribution in [-0.2, 0) is 5.75 Å². The highest BCUT2D eigenvalue weighted by molar-refractivity contribution is 7.98. The zero-order chi connectivity index (χ0) is 22.5. The van der Waals surface area contributed by atoms with Crippen molar-refractivity contribution in [3.05, 3.63) is 105 Å². The molecule has 5 nitrogen and oxygen atoms in total. The molecule has 1 aliphatic rings. The Hall–Kier alpha value is -3.16. The molecule has 0 unspecified atom stereocenters. The van der Waals surface area contributed by atoms with Crippen molar-refractivity contribution in [2.24, 2.45) is 4.99 Å². The summed E-state index contributed by atoms with van der Waals surface area (Å²) in [5, 5.41) is 11.3. The monoisotopic (exact) mass is 483 g/mol. The first kappa shape index (κ1) is 24.5. The van der Waals surface area contributed by atoms with E-state index in [-0.39, 0.29) is 28.8 Å². The topological polar surface area (TPSA) is 58.7 Å². The number of rotatable bonds is 6. The number of anilines is 1. The highest BCUT2D eigenvalue weighted by Gasteiger charge is 2.16. The summed E-state index contributed by atoms with van der Waals surface area (Å²) < 4.78 is 13.8. The standard InChI is InChI=1S/C25H22FN3O2S.ClH/c1-28-14-13-27-23(22-10-8-20(26)16-24(22)28)11-7-19-15-21(29(30)31)9-12-25(19)32-17-18-5-3-2-4-6-18;/h2-12,15-16H,13-14,17H2,1H3;1H. The van der Waals surface area contributed by atoms with Crippen LogP contribution in [0.2, 0.25) is 0 Å². The summed E-state index contributed by atoms with van der Waals surface area (Å²) in [7, 11) is 1.92. The molecular formula is C25H23ClFN3O2S. The van der Waals surface area contributed by atoms with Crippen LogP contribution < -0.4 is 4.90 Å². The molecule has 0 saturated carbocycles. The van der Waals surface area contributed by atoms with E-state index in [0.29, 0.717) is 13.1 Å². The van der Waals surface area contributed by atoms with Gasteiger partial charge in [-0.2, -0.15) is 0 Å². The van der Waals surface area contributed by atoms with Crippen LogP contribution >= 0.6 is 24.2 Å². The van der Waals surface area contributed by atoms with Gasteiger partial charge in [-0.3, -0.25) is 15.1 Å². The number of halogens is 2. The van der Waals surface area contributed by atoms with Gasteiger partial charge in [0.1, 0.15) is 5.82 Å². The molecule has 3 aromatic rings. The highest BCUT2D eigenvalue weighted by atomic mass is 35.5. The summed E-state index contributed by atoms with van der Waals surface area (Å²) in [6.07, 6.45) is 3.72. The lowest BCUT2D eigenvalue weighted by molar-refractivity contribution is -0.384. The van der Waals surface area contributed by atoms with Gasteiger partial charge in [0.15, 0.2) is 0 Å². The Kier molecular flexibility index (Phi) is 8.25. The number of benzodiazepines with no additional fused rings is 1. The van der Waals surface area contributed by atoms with Crippen molar-refractivity contribution >= 4 is 47.3 Å². The van der Waals surface area contributed by atoms with E-state index in [0.717, 1.165) is 33.2 Å². The largest absolute Gasteiger partial charge is 0.372 e. The number of nitro benzene ring substituents is 1. The van der Waals surface area contributed by atoms with Crippen molar-refractivity contribution < 1.29 is 9.31 Å². The third-order valence-corrected chi connectivity index (χ3v) is 6.39. The lowest BCUT2D eigenvalue weighted by atomic mass is 10.1. The first-order valence-corrected chi connectivity index (χ1v) is 11.2. The van der Waals surface area contributed by atoms with Gasteiger partial charge in [0.25, 0.3) is 5.69 Å². The number of non-ortho nitro benzene ring substituents is 1. The molecule has 1 aliphatic heterocycles. The van der Waals surface area contributed by atoms with E-state index < -0.39 is 0 Å². The quantitative estimate of drug-likeness (QED) is 0.231. The van der Waals surface area contributed by atoms with Gasteiger partial charge in [0, 0.05) is 47.6 Å². The molecule has 0 amide bonds. The van der Waals surface area contributed by atoms with Gasteiger partial charge in [0.2, 0.25) is 0 Å². The fourth-order valence-corrected chi connectivity index (χ4v) is 4.49. The maximum Gasteiger partial charge on any atom is 0.270 e. The summed E-state index contributed by atoms with van der Waals surface area (Å²) in [5.74, 6) is 0.465. The lowest BCUT2D eigenvalue weighted by Gasteiger charge is -2.18. The van der Waals surface area contributed by atoms with Gasteiger partial charge in [-0.25, -0.2) is 4.39 Å². The number of hydrogen-bond acceptors (Lipinski definition) is 5. The Balaban J connectivity index is 0.00000306. The Morgan fingerprint density at radius 2 is 1.91 bits per heavy atom. The molecule has 0 radical (unpaired) electrons. The van der Waals surface area contributed by atoms with Crippen LogP contribution in [-0.4, -0.2) is 30.8 Å². The maximum absolute atomic E-state index is 13.8. The number of hydrogen-bond donors (Lipinski definition) is 0. The molecule has 0 aliphatic carbocycles. The van der Waals surface area contributed by atoms with E-state index in [1.807, 2.05) is 42.3 Å². The van der Waals surface area contributed by atoms with Crippen LogP contribution in [0.15, 0.2) is 82.7 Å². The van der Waals surface area contributed by atoms with E-state index in [4.69, 9.17) is 0 Å². The number of allylic oxidation sites excluding steroid dienone is 1. The third kappa shape index (κ3) is 6.00. The van der Waals surface area contributed by atoms with Crippen LogP contribution in [0.5, 0.6) is 0 Å². The molecule has 0 spiro atoms. The third-order valence-electron chi connectivity index (χ3n) is 5.23. The Morgan fingerprint density at radius 3 is 2.67 bits per heavy atom. The second-order valence-corrected chi connectivity index (χ2v) is 8.45. The van der Waals surface area contributed by atoms with Crippen molar-refractivity contribution in [1.29, 1.82) is 0 Å². The van der Waals surface area contributed by atoms with Gasteiger partial charge in [-0.05, 0) is 41.5 Å². The smallest absolute Gasteiger partial charge is 0.270 e. The Bertz CT molecular complexity index is 1200. The normalized spacial score (nSPS) is 13.2. The highest BCUT2D eigenvalue weighted by Crippen LogP contribution is 2.31. The summed E-state index contributed by atoms with van der Waals surface area (Å²) in [6.45, 7) is 1.26. The van der Waals surface area contributed by atoms with E-state index in [1.165, 1.54) is 23.8 Å². The van der Waals surface area contributed by atoms with Crippen molar-refractivity contribution in [2.45, 2.75) is 10.6 Å². The van der Waals surface area contributed by atoms with Crippen molar-refractivity contribution in [3.63, 3.8) is 0 Å². The molecule has 0 atom stereocenters. The molecule has 0 aromatic heterocycles. The average Bonchev–Trinajstić information content (AvgIpc) is 2.95. The molecule has 0 saturated heterocycles. The van der Waals surface area contributed by atoms with Gasteiger partial charge in [-0.15, -0.1) is 24.2 Å². The van der Waals surface area contributed by atoms with E-state index in [2.05, 4.69) is 17.1 Å². The van der Waals surface area contributed by atoms with E-state index in [9.17, 15) is 14.5 Å². The minimum absolute atomic E-state index is 0. The number of thioether (sulfide) groups is 1. The van der Waals surface area contributed by atoms with Crippen molar-refractivity contribution in [2.75, 3.05) is 25.0 Å². The molecule has 8 heteroatoms. The van der Waals surface area contributed by atoms with Gasteiger partial charge in [-0.1, -0.05) is 36.4 Å². The Labute approximate surface area is 202 Å². The number of benzene rings is 3. The van der Waals surface area contributed by atoms with E-state index >= 15 is 0 Å². The second kappa shape index (κ2) is 11.1.